The number of nitrogens with zero attached hydrogens (tertiary/aromatic N) is 2. The molecule has 0 aliphatic heterocycles. The molecule has 0 saturated carbocycles. The van der Waals surface area contributed by atoms with E-state index >= 15 is 0 Å². The number of amides is 1. The third-order valence-electron chi connectivity index (χ3n) is 3.23. The van der Waals surface area contributed by atoms with Gasteiger partial charge in [-0.25, -0.2) is 14.4 Å². The molecule has 0 unspecified atom stereocenters. The number of para-hydroxylation sites is 1. The summed E-state index contributed by atoms with van der Waals surface area (Å²) < 4.78 is 13.6. The molecule has 1 heterocycles. The molecular weight excluding hydrogens is 366 g/mol. The zero-order chi connectivity index (χ0) is 17.8. The zero-order valence-corrected chi connectivity index (χ0v) is 14.1. The highest BCUT2D eigenvalue weighted by Crippen LogP contribution is 2.29. The molecule has 3 aromatic rings. The second-order valence-corrected chi connectivity index (χ2v) is 5.74. The maximum atomic E-state index is 13.6. The SMILES string of the molecule is O=C(Nc1cccc(Cl)c1Cl)c1cnc(Nc2ccccc2F)nc1. The lowest BCUT2D eigenvalue weighted by atomic mass is 10.2. The Morgan fingerprint density at radius 3 is 2.36 bits per heavy atom. The van der Waals surface area contributed by atoms with Crippen molar-refractivity contribution >= 4 is 46.4 Å². The maximum Gasteiger partial charge on any atom is 0.258 e. The molecule has 0 fully saturated rings. The summed E-state index contributed by atoms with van der Waals surface area (Å²) in [5.41, 5.74) is 0.841. The standard InChI is InChI=1S/C17H11Cl2FN4O/c18-11-4-3-7-14(15(11)19)23-16(25)10-8-21-17(22-9-10)24-13-6-2-1-5-12(13)20/h1-9H,(H,23,25)(H,21,22,24). The van der Waals surface area contributed by atoms with Crippen molar-refractivity contribution in [3.8, 4) is 0 Å². The predicted octanol–water partition coefficient (Wildman–Crippen LogP) is 4.92. The van der Waals surface area contributed by atoms with Gasteiger partial charge in [-0.3, -0.25) is 4.79 Å². The molecule has 2 N–H and O–H groups in total. The molecule has 8 heteroatoms. The van der Waals surface area contributed by atoms with Crippen molar-refractivity contribution in [1.82, 2.24) is 9.97 Å². The van der Waals surface area contributed by atoms with Crippen LogP contribution in [0, 0.1) is 5.82 Å². The van der Waals surface area contributed by atoms with Gasteiger partial charge in [0, 0.05) is 12.4 Å². The third kappa shape index (κ3) is 4.04. The van der Waals surface area contributed by atoms with Gasteiger partial charge in [0.1, 0.15) is 5.82 Å². The molecule has 0 atom stereocenters. The lowest BCUT2D eigenvalue weighted by Gasteiger charge is -2.09. The van der Waals surface area contributed by atoms with Gasteiger partial charge in [-0.1, -0.05) is 41.4 Å². The fourth-order valence-electron chi connectivity index (χ4n) is 1.99. The topological polar surface area (TPSA) is 66.9 Å². The fraction of sp³-hybridized carbons (Fsp3) is 0. The van der Waals surface area contributed by atoms with Crippen molar-refractivity contribution in [3.63, 3.8) is 0 Å². The summed E-state index contributed by atoms with van der Waals surface area (Å²) in [6.07, 6.45) is 2.65. The Morgan fingerprint density at radius 1 is 0.960 bits per heavy atom. The number of hydrogen-bond acceptors (Lipinski definition) is 4. The summed E-state index contributed by atoms with van der Waals surface area (Å²) in [5, 5.41) is 5.95. The highest BCUT2D eigenvalue weighted by atomic mass is 35.5. The van der Waals surface area contributed by atoms with Crippen LogP contribution in [-0.2, 0) is 0 Å². The zero-order valence-electron chi connectivity index (χ0n) is 12.6. The Kier molecular flexibility index (Phi) is 5.11. The van der Waals surface area contributed by atoms with E-state index in [0.717, 1.165) is 0 Å². The van der Waals surface area contributed by atoms with Gasteiger partial charge in [0.25, 0.3) is 5.91 Å². The summed E-state index contributed by atoms with van der Waals surface area (Å²) in [4.78, 5) is 20.2. The van der Waals surface area contributed by atoms with Gasteiger partial charge in [0.05, 0.1) is 27.0 Å². The molecule has 5 nitrogen and oxygen atoms in total. The van der Waals surface area contributed by atoms with Crippen molar-refractivity contribution in [2.45, 2.75) is 0 Å². The van der Waals surface area contributed by atoms with Crippen molar-refractivity contribution in [2.75, 3.05) is 10.6 Å². The third-order valence-corrected chi connectivity index (χ3v) is 4.05. The average Bonchev–Trinajstić information content (AvgIpc) is 2.61. The van der Waals surface area contributed by atoms with E-state index in [0.29, 0.717) is 10.7 Å². The number of hydrogen-bond donors (Lipinski definition) is 2. The number of carbonyl (C=O) groups excluding carboxylic acids is 1. The molecule has 25 heavy (non-hydrogen) atoms. The minimum absolute atomic E-state index is 0.169. The van der Waals surface area contributed by atoms with Crippen LogP contribution in [0.4, 0.5) is 21.7 Å². The quantitative estimate of drug-likeness (QED) is 0.678. The van der Waals surface area contributed by atoms with E-state index in [1.54, 1.807) is 36.4 Å². The Morgan fingerprint density at radius 2 is 1.64 bits per heavy atom. The van der Waals surface area contributed by atoms with E-state index < -0.39 is 11.7 Å². The molecule has 1 aromatic heterocycles. The van der Waals surface area contributed by atoms with Crippen LogP contribution in [0.3, 0.4) is 0 Å². The summed E-state index contributed by atoms with van der Waals surface area (Å²) in [6, 6.07) is 11.0. The number of rotatable bonds is 4. The van der Waals surface area contributed by atoms with Crippen LogP contribution in [0.5, 0.6) is 0 Å². The first-order chi connectivity index (χ1) is 12.0. The molecular formula is C17H11Cl2FN4O. The normalized spacial score (nSPS) is 10.4. The molecule has 0 bridgehead atoms. The predicted molar refractivity (Wildman–Crippen MR) is 96.1 cm³/mol. The summed E-state index contributed by atoms with van der Waals surface area (Å²) in [5.74, 6) is -0.701. The van der Waals surface area contributed by atoms with Crippen LogP contribution in [0.25, 0.3) is 0 Å². The van der Waals surface area contributed by atoms with Crippen LogP contribution in [0.2, 0.25) is 10.0 Å². The molecule has 3 rings (SSSR count). The highest BCUT2D eigenvalue weighted by molar-refractivity contribution is 6.44. The van der Waals surface area contributed by atoms with E-state index in [1.807, 2.05) is 0 Å². The first kappa shape index (κ1) is 17.1. The summed E-state index contributed by atoms with van der Waals surface area (Å²) >= 11 is 11.9. The number of halogens is 3. The van der Waals surface area contributed by atoms with E-state index in [1.165, 1.54) is 18.5 Å². The van der Waals surface area contributed by atoms with Crippen LogP contribution < -0.4 is 10.6 Å². The van der Waals surface area contributed by atoms with E-state index in [9.17, 15) is 9.18 Å². The van der Waals surface area contributed by atoms with Gasteiger partial charge in [0.2, 0.25) is 5.95 Å². The van der Waals surface area contributed by atoms with Crippen LogP contribution in [-0.4, -0.2) is 15.9 Å². The Labute approximate surface area is 152 Å². The highest BCUT2D eigenvalue weighted by Gasteiger charge is 2.12. The minimum Gasteiger partial charge on any atom is -0.322 e. The van der Waals surface area contributed by atoms with Gasteiger partial charge in [-0.15, -0.1) is 0 Å². The Balaban J connectivity index is 1.72. The number of aromatic nitrogens is 2. The Bertz CT molecular complexity index is 919. The number of carbonyl (C=O) groups is 1. The molecule has 0 radical (unpaired) electrons. The van der Waals surface area contributed by atoms with Crippen molar-refractivity contribution in [1.29, 1.82) is 0 Å². The van der Waals surface area contributed by atoms with Gasteiger partial charge in [-0.2, -0.15) is 0 Å². The molecule has 1 amide bonds. The Hall–Kier alpha value is -2.70. The molecule has 0 aliphatic carbocycles. The number of benzene rings is 2. The van der Waals surface area contributed by atoms with Crippen LogP contribution in [0.1, 0.15) is 10.4 Å². The first-order valence-electron chi connectivity index (χ1n) is 7.13. The molecule has 2 aromatic carbocycles. The first-order valence-corrected chi connectivity index (χ1v) is 7.89. The van der Waals surface area contributed by atoms with Gasteiger partial charge in [0.15, 0.2) is 0 Å². The number of nitrogens with one attached hydrogen (secondary N) is 2. The van der Waals surface area contributed by atoms with Crippen molar-refractivity contribution in [2.24, 2.45) is 0 Å². The fourth-order valence-corrected chi connectivity index (χ4v) is 2.34. The lowest BCUT2D eigenvalue weighted by molar-refractivity contribution is 0.102. The largest absolute Gasteiger partial charge is 0.322 e. The van der Waals surface area contributed by atoms with Crippen LogP contribution >= 0.6 is 23.2 Å². The maximum absolute atomic E-state index is 13.6. The second kappa shape index (κ2) is 7.46. The van der Waals surface area contributed by atoms with Crippen molar-refractivity contribution < 1.29 is 9.18 Å². The van der Waals surface area contributed by atoms with Crippen LogP contribution in [0.15, 0.2) is 54.9 Å². The molecule has 0 aliphatic rings. The number of anilines is 3. The van der Waals surface area contributed by atoms with Gasteiger partial charge < -0.3 is 10.6 Å². The second-order valence-electron chi connectivity index (χ2n) is 4.96. The summed E-state index contributed by atoms with van der Waals surface area (Å²) in [6.45, 7) is 0. The smallest absolute Gasteiger partial charge is 0.258 e. The van der Waals surface area contributed by atoms with Gasteiger partial charge >= 0.3 is 0 Å². The van der Waals surface area contributed by atoms with E-state index in [-0.39, 0.29) is 22.2 Å². The monoisotopic (exact) mass is 376 g/mol. The van der Waals surface area contributed by atoms with E-state index in [2.05, 4.69) is 20.6 Å². The minimum atomic E-state index is -0.443. The molecule has 0 saturated heterocycles. The van der Waals surface area contributed by atoms with E-state index in [4.69, 9.17) is 23.2 Å². The van der Waals surface area contributed by atoms with Crippen molar-refractivity contribution in [3.05, 3.63) is 76.3 Å². The summed E-state index contributed by atoms with van der Waals surface area (Å²) in [7, 11) is 0. The molecule has 0 spiro atoms. The lowest BCUT2D eigenvalue weighted by Crippen LogP contribution is -2.13. The molecule has 126 valence electrons. The average molecular weight is 377 g/mol. The van der Waals surface area contributed by atoms with Gasteiger partial charge in [-0.05, 0) is 24.3 Å².